The first-order chi connectivity index (χ1) is 15.7. The van der Waals surface area contributed by atoms with Gasteiger partial charge < -0.3 is 19.5 Å². The second-order valence-corrected chi connectivity index (χ2v) is 9.05. The third-order valence-electron chi connectivity index (χ3n) is 5.91. The van der Waals surface area contributed by atoms with Gasteiger partial charge in [0.2, 0.25) is 0 Å². The number of rotatable bonds is 10. The van der Waals surface area contributed by atoms with E-state index in [0.29, 0.717) is 13.2 Å². The number of nitrogens with zero attached hydrogens (tertiary/aromatic N) is 1. The lowest BCUT2D eigenvalue weighted by molar-refractivity contribution is -0.0268. The molecule has 0 amide bonds. The highest BCUT2D eigenvalue weighted by molar-refractivity contribution is 5.77. The molecule has 0 aromatic heterocycles. The lowest BCUT2D eigenvalue weighted by Crippen LogP contribution is -2.22. The van der Waals surface area contributed by atoms with Gasteiger partial charge in [0.1, 0.15) is 0 Å². The molecule has 3 aromatic carbocycles. The molecule has 0 saturated carbocycles. The second kappa shape index (κ2) is 11.5. The molecule has 0 bridgehead atoms. The van der Waals surface area contributed by atoms with Crippen molar-refractivity contribution in [2.45, 2.75) is 73.1 Å². The molecular weight excluding hydrogens is 410 g/mol. The number of ether oxygens (including phenoxy) is 2. The Hall–Kier alpha value is -2.66. The highest BCUT2D eigenvalue weighted by Gasteiger charge is 2.14. The molecule has 0 aliphatic carbocycles. The van der Waals surface area contributed by atoms with Crippen molar-refractivity contribution in [3.05, 3.63) is 89.0 Å². The summed E-state index contributed by atoms with van der Waals surface area (Å²) in [4.78, 5) is 2.27. The summed E-state index contributed by atoms with van der Waals surface area (Å²) < 4.78 is 11.5. The van der Waals surface area contributed by atoms with E-state index in [2.05, 4.69) is 99.3 Å². The van der Waals surface area contributed by atoms with Crippen LogP contribution in [0.3, 0.4) is 0 Å². The zero-order valence-corrected chi connectivity index (χ0v) is 20.7. The van der Waals surface area contributed by atoms with Gasteiger partial charge in [-0.25, -0.2) is 0 Å². The largest absolute Gasteiger partial charge is 0.391 e. The molecule has 0 fully saturated rings. The molecule has 4 nitrogen and oxygen atoms in total. The third kappa shape index (κ3) is 6.91. The van der Waals surface area contributed by atoms with Crippen molar-refractivity contribution in [3.63, 3.8) is 0 Å². The van der Waals surface area contributed by atoms with Crippen LogP contribution in [0.1, 0.15) is 49.9 Å². The van der Waals surface area contributed by atoms with Crippen LogP contribution in [0.4, 0.5) is 17.1 Å². The summed E-state index contributed by atoms with van der Waals surface area (Å²) in [5, 5.41) is 9.65. The van der Waals surface area contributed by atoms with E-state index in [1.807, 2.05) is 6.92 Å². The minimum absolute atomic E-state index is 0.199. The van der Waals surface area contributed by atoms with Crippen molar-refractivity contribution < 1.29 is 14.6 Å². The van der Waals surface area contributed by atoms with Crippen molar-refractivity contribution in [2.75, 3.05) is 4.90 Å². The topological polar surface area (TPSA) is 41.9 Å². The molecule has 2 unspecified atom stereocenters. The van der Waals surface area contributed by atoms with E-state index >= 15 is 0 Å². The highest BCUT2D eigenvalue weighted by atomic mass is 16.5. The molecule has 0 spiro atoms. The van der Waals surface area contributed by atoms with Crippen LogP contribution in [0.2, 0.25) is 0 Å². The number of aliphatic hydroxyl groups is 1. The van der Waals surface area contributed by atoms with Gasteiger partial charge in [-0.1, -0.05) is 30.3 Å². The first kappa shape index (κ1) is 25.0. The molecule has 0 aliphatic rings. The maximum Gasteiger partial charge on any atom is 0.0807 e. The number of hydrogen-bond acceptors (Lipinski definition) is 4. The van der Waals surface area contributed by atoms with Crippen molar-refractivity contribution in [3.8, 4) is 0 Å². The molecule has 0 radical (unpaired) electrons. The SMILES string of the molecule is Cc1ccc(N(c2ccc(COC(C)C)cc2)c2ccc(COC(C)C(C)O)cc2)cc1C. The molecule has 1 N–H and O–H groups in total. The monoisotopic (exact) mass is 447 g/mol. The Morgan fingerprint density at radius 1 is 0.667 bits per heavy atom. The van der Waals surface area contributed by atoms with E-state index in [1.165, 1.54) is 11.1 Å². The van der Waals surface area contributed by atoms with Crippen LogP contribution < -0.4 is 4.90 Å². The van der Waals surface area contributed by atoms with Gasteiger partial charge in [0.15, 0.2) is 0 Å². The van der Waals surface area contributed by atoms with Crippen LogP contribution >= 0.6 is 0 Å². The van der Waals surface area contributed by atoms with Gasteiger partial charge in [0.05, 0.1) is 31.5 Å². The van der Waals surface area contributed by atoms with Crippen molar-refractivity contribution in [1.82, 2.24) is 0 Å². The van der Waals surface area contributed by atoms with Gasteiger partial charge in [-0.05, 0) is 100 Å². The number of aryl methyl sites for hydroxylation is 2. The molecule has 33 heavy (non-hydrogen) atoms. The van der Waals surface area contributed by atoms with Crippen LogP contribution in [0, 0.1) is 13.8 Å². The summed E-state index contributed by atoms with van der Waals surface area (Å²) in [6.45, 7) is 13.1. The maximum atomic E-state index is 9.65. The minimum atomic E-state index is -0.488. The molecule has 2 atom stereocenters. The van der Waals surface area contributed by atoms with E-state index in [4.69, 9.17) is 9.47 Å². The van der Waals surface area contributed by atoms with E-state index in [0.717, 1.165) is 28.2 Å². The Balaban J connectivity index is 1.88. The predicted molar refractivity (Wildman–Crippen MR) is 136 cm³/mol. The zero-order valence-electron chi connectivity index (χ0n) is 20.7. The molecule has 3 rings (SSSR count). The summed E-state index contributed by atoms with van der Waals surface area (Å²) >= 11 is 0. The molecule has 0 heterocycles. The van der Waals surface area contributed by atoms with Gasteiger partial charge in [-0.3, -0.25) is 0 Å². The van der Waals surface area contributed by atoms with Crippen LogP contribution in [0.15, 0.2) is 66.7 Å². The van der Waals surface area contributed by atoms with Gasteiger partial charge in [-0.15, -0.1) is 0 Å². The lowest BCUT2D eigenvalue weighted by Gasteiger charge is -2.26. The smallest absolute Gasteiger partial charge is 0.0807 e. The Labute approximate surface area is 198 Å². The molecule has 0 saturated heterocycles. The number of hydrogen-bond donors (Lipinski definition) is 1. The predicted octanol–water partition coefficient (Wildman–Crippen LogP) is 6.98. The Morgan fingerprint density at radius 3 is 1.61 bits per heavy atom. The Morgan fingerprint density at radius 2 is 1.15 bits per heavy atom. The molecule has 3 aromatic rings. The Bertz CT molecular complexity index is 1010. The van der Waals surface area contributed by atoms with Crippen LogP contribution in [0.25, 0.3) is 0 Å². The van der Waals surface area contributed by atoms with Gasteiger partial charge >= 0.3 is 0 Å². The Kier molecular flexibility index (Phi) is 8.67. The average Bonchev–Trinajstić information content (AvgIpc) is 2.80. The molecule has 0 aliphatic heterocycles. The molecule has 4 heteroatoms. The fraction of sp³-hybridized carbons (Fsp3) is 0.379. The van der Waals surface area contributed by atoms with Gasteiger partial charge in [-0.2, -0.15) is 0 Å². The third-order valence-corrected chi connectivity index (χ3v) is 5.91. The van der Waals surface area contributed by atoms with E-state index in [1.54, 1.807) is 6.92 Å². The van der Waals surface area contributed by atoms with Crippen LogP contribution in [-0.2, 0) is 22.7 Å². The number of benzene rings is 3. The number of aliphatic hydroxyl groups excluding tert-OH is 1. The van der Waals surface area contributed by atoms with Crippen molar-refractivity contribution in [1.29, 1.82) is 0 Å². The summed E-state index contributed by atoms with van der Waals surface area (Å²) in [5.74, 6) is 0. The van der Waals surface area contributed by atoms with Gasteiger partial charge in [0, 0.05) is 17.1 Å². The first-order valence-electron chi connectivity index (χ1n) is 11.7. The van der Waals surface area contributed by atoms with E-state index < -0.39 is 6.10 Å². The maximum absolute atomic E-state index is 9.65. The van der Waals surface area contributed by atoms with E-state index in [-0.39, 0.29) is 12.2 Å². The normalized spacial score (nSPS) is 13.2. The summed E-state index contributed by atoms with van der Waals surface area (Å²) in [6.07, 6.45) is -0.476. The summed E-state index contributed by atoms with van der Waals surface area (Å²) in [5.41, 5.74) is 8.07. The molecule has 176 valence electrons. The number of anilines is 3. The first-order valence-corrected chi connectivity index (χ1v) is 11.7. The average molecular weight is 448 g/mol. The second-order valence-electron chi connectivity index (χ2n) is 9.05. The fourth-order valence-corrected chi connectivity index (χ4v) is 3.42. The highest BCUT2D eigenvalue weighted by Crippen LogP contribution is 2.35. The summed E-state index contributed by atoms with van der Waals surface area (Å²) in [6, 6.07) is 23.5. The van der Waals surface area contributed by atoms with E-state index in [9.17, 15) is 5.11 Å². The lowest BCUT2D eigenvalue weighted by atomic mass is 10.1. The van der Waals surface area contributed by atoms with Crippen LogP contribution in [-0.4, -0.2) is 23.4 Å². The van der Waals surface area contributed by atoms with Crippen molar-refractivity contribution >= 4 is 17.1 Å². The summed E-state index contributed by atoms with van der Waals surface area (Å²) in [7, 11) is 0. The zero-order chi connectivity index (χ0) is 24.0. The minimum Gasteiger partial charge on any atom is -0.391 e. The van der Waals surface area contributed by atoms with Crippen LogP contribution in [0.5, 0.6) is 0 Å². The van der Waals surface area contributed by atoms with Gasteiger partial charge in [0.25, 0.3) is 0 Å². The standard InChI is InChI=1S/C29H37NO3/c1-20(2)32-18-25-8-13-27(14-9-25)30(29-12-7-21(3)22(4)17-29)28-15-10-26(11-16-28)19-33-24(6)23(5)31/h7-17,20,23-24,31H,18-19H2,1-6H3. The van der Waals surface area contributed by atoms with Crippen molar-refractivity contribution in [2.24, 2.45) is 0 Å². The quantitative estimate of drug-likeness (QED) is 0.364. The molecular formula is C29H37NO3. The fourth-order valence-electron chi connectivity index (χ4n) is 3.42.